The number of nitrogens with zero attached hydrogens (tertiary/aromatic N) is 5. The minimum Gasteiger partial charge on any atom is -0.481 e. The third-order valence-corrected chi connectivity index (χ3v) is 5.57. The van der Waals surface area contributed by atoms with Crippen LogP contribution >= 0.6 is 0 Å². The molecule has 0 unspecified atom stereocenters. The van der Waals surface area contributed by atoms with E-state index in [2.05, 4.69) is 24.9 Å². The molecule has 5 heterocycles. The van der Waals surface area contributed by atoms with Crippen molar-refractivity contribution in [1.29, 1.82) is 0 Å². The molecule has 7 nitrogen and oxygen atoms in total. The van der Waals surface area contributed by atoms with Crippen LogP contribution in [0.15, 0.2) is 43.0 Å². The molecule has 4 aromatic rings. The summed E-state index contributed by atoms with van der Waals surface area (Å²) in [6, 6.07) is 7.51. The largest absolute Gasteiger partial charge is 0.481 e. The summed E-state index contributed by atoms with van der Waals surface area (Å²) in [7, 11) is 1.58. The van der Waals surface area contributed by atoms with Gasteiger partial charge in [0.1, 0.15) is 25.1 Å². The number of hydrogen-bond donors (Lipinski definition) is 1. The van der Waals surface area contributed by atoms with E-state index in [-0.39, 0.29) is 0 Å². The SMILES string of the molecule is COc1ccc([N+]2(c3ccc(Cc4c[nH]c5ncnc(C)c45)c(F)n3)CC2)cn1. The number of aromatic amines is 1. The number of aryl methyl sites for hydroxylation is 1. The lowest BCUT2D eigenvalue weighted by Crippen LogP contribution is -2.21. The topological polar surface area (TPSA) is 76.6 Å². The van der Waals surface area contributed by atoms with Gasteiger partial charge in [-0.3, -0.25) is 0 Å². The molecule has 1 aliphatic rings. The summed E-state index contributed by atoms with van der Waals surface area (Å²) in [5, 5.41) is 0.940. The minimum absolute atomic E-state index is 0.428. The van der Waals surface area contributed by atoms with Gasteiger partial charge in [0.25, 0.3) is 0 Å². The van der Waals surface area contributed by atoms with Gasteiger partial charge in [0.05, 0.1) is 19.0 Å². The van der Waals surface area contributed by atoms with Gasteiger partial charge in [-0.25, -0.2) is 19.4 Å². The number of pyridine rings is 2. The zero-order valence-corrected chi connectivity index (χ0v) is 16.2. The van der Waals surface area contributed by atoms with Gasteiger partial charge in [-0.1, -0.05) is 0 Å². The first-order valence-electron chi connectivity index (χ1n) is 9.42. The second kappa shape index (κ2) is 6.59. The molecule has 8 heteroatoms. The van der Waals surface area contributed by atoms with E-state index in [1.165, 1.54) is 6.33 Å². The van der Waals surface area contributed by atoms with Crippen molar-refractivity contribution in [2.45, 2.75) is 13.3 Å². The molecule has 0 radical (unpaired) electrons. The van der Waals surface area contributed by atoms with Crippen molar-refractivity contribution in [2.75, 3.05) is 20.2 Å². The lowest BCUT2D eigenvalue weighted by molar-refractivity contribution is 0.397. The summed E-state index contributed by atoms with van der Waals surface area (Å²) >= 11 is 0. The maximum Gasteiger partial charge on any atom is 0.235 e. The lowest BCUT2D eigenvalue weighted by Gasteiger charge is -2.16. The van der Waals surface area contributed by atoms with Crippen molar-refractivity contribution in [3.05, 3.63) is 65.8 Å². The molecule has 1 aliphatic heterocycles. The van der Waals surface area contributed by atoms with E-state index in [9.17, 15) is 4.39 Å². The van der Waals surface area contributed by atoms with Gasteiger partial charge in [-0.05, 0) is 18.6 Å². The van der Waals surface area contributed by atoms with Gasteiger partial charge in [-0.15, -0.1) is 0 Å². The number of methoxy groups -OCH3 is 1. The summed E-state index contributed by atoms with van der Waals surface area (Å²) in [6.45, 7) is 3.67. The molecule has 1 fully saturated rings. The Morgan fingerprint density at radius 2 is 1.97 bits per heavy atom. The highest BCUT2D eigenvalue weighted by Crippen LogP contribution is 2.41. The van der Waals surface area contributed by atoms with Crippen LogP contribution in [0.25, 0.3) is 11.0 Å². The summed E-state index contributed by atoms with van der Waals surface area (Å²) < 4.78 is 20.6. The molecule has 0 amide bonds. The monoisotopic (exact) mass is 391 g/mol. The van der Waals surface area contributed by atoms with Gasteiger partial charge >= 0.3 is 0 Å². The zero-order chi connectivity index (χ0) is 20.0. The maximum absolute atomic E-state index is 14.9. The Labute approximate surface area is 166 Å². The van der Waals surface area contributed by atoms with Crippen LogP contribution in [0.5, 0.6) is 5.88 Å². The number of fused-ring (bicyclic) bond motifs is 1. The normalized spacial score (nSPS) is 14.9. The fraction of sp³-hybridized carbons (Fsp3) is 0.238. The fourth-order valence-electron chi connectivity index (χ4n) is 3.83. The third kappa shape index (κ3) is 2.92. The standard InChI is InChI=1S/C21H20FN6O/c1-13-19-15(10-24-21(19)26-12-25-13)9-14-3-5-17(27-20(14)22)28(7-8-28)16-4-6-18(29-2)23-11-16/h3-6,10-12H,7-9H2,1-2H3,(H,24,25,26)/q+1. The molecule has 0 aliphatic carbocycles. The predicted molar refractivity (Wildman–Crippen MR) is 108 cm³/mol. The van der Waals surface area contributed by atoms with Crippen LogP contribution in [0.4, 0.5) is 15.9 Å². The molecule has 1 N–H and O–H groups in total. The number of nitrogens with one attached hydrogen (secondary N) is 1. The third-order valence-electron chi connectivity index (χ3n) is 5.57. The molecule has 146 valence electrons. The summed E-state index contributed by atoms with van der Waals surface area (Å²) in [5.74, 6) is 0.801. The second-order valence-electron chi connectivity index (χ2n) is 7.27. The van der Waals surface area contributed by atoms with E-state index >= 15 is 0 Å². The highest BCUT2D eigenvalue weighted by Gasteiger charge is 2.49. The van der Waals surface area contributed by atoms with Crippen LogP contribution in [0.1, 0.15) is 16.8 Å². The number of halogens is 1. The second-order valence-corrected chi connectivity index (χ2v) is 7.27. The van der Waals surface area contributed by atoms with Crippen molar-refractivity contribution in [3.63, 3.8) is 0 Å². The first kappa shape index (κ1) is 17.7. The first-order valence-corrected chi connectivity index (χ1v) is 9.42. The molecular weight excluding hydrogens is 371 g/mol. The molecule has 4 aromatic heterocycles. The van der Waals surface area contributed by atoms with E-state index in [0.717, 1.165) is 41.1 Å². The molecule has 0 spiro atoms. The molecule has 0 aromatic carbocycles. The van der Waals surface area contributed by atoms with Crippen LogP contribution in [0.3, 0.4) is 0 Å². The number of H-pyrrole nitrogens is 1. The number of quaternary nitrogens is 1. The number of aromatic nitrogens is 5. The van der Waals surface area contributed by atoms with E-state index in [0.29, 0.717) is 28.2 Å². The lowest BCUT2D eigenvalue weighted by atomic mass is 10.1. The van der Waals surface area contributed by atoms with Crippen LogP contribution in [0.2, 0.25) is 0 Å². The first-order chi connectivity index (χ1) is 14.1. The molecule has 0 bridgehead atoms. The van der Waals surface area contributed by atoms with Crippen LogP contribution in [-0.4, -0.2) is 45.1 Å². The average molecular weight is 391 g/mol. The van der Waals surface area contributed by atoms with Gasteiger partial charge in [0, 0.05) is 41.8 Å². The van der Waals surface area contributed by atoms with Crippen molar-refractivity contribution in [2.24, 2.45) is 0 Å². The van der Waals surface area contributed by atoms with Crippen molar-refractivity contribution in [3.8, 4) is 5.88 Å². The van der Waals surface area contributed by atoms with Gasteiger partial charge in [-0.2, -0.15) is 9.37 Å². The van der Waals surface area contributed by atoms with Crippen LogP contribution in [0, 0.1) is 12.9 Å². The summed E-state index contributed by atoms with van der Waals surface area (Å²) in [4.78, 5) is 20.2. The maximum atomic E-state index is 14.9. The molecular formula is C21H20FN6O+. The van der Waals surface area contributed by atoms with E-state index in [1.54, 1.807) is 13.3 Å². The van der Waals surface area contributed by atoms with Crippen LogP contribution < -0.4 is 9.22 Å². The molecule has 1 saturated heterocycles. The molecule has 5 rings (SSSR count). The van der Waals surface area contributed by atoms with E-state index in [1.807, 2.05) is 37.4 Å². The Morgan fingerprint density at radius 1 is 1.10 bits per heavy atom. The molecule has 0 saturated carbocycles. The van der Waals surface area contributed by atoms with Crippen molar-refractivity contribution in [1.82, 2.24) is 29.4 Å². The Hall–Kier alpha value is -3.39. The number of hydrogen-bond acceptors (Lipinski definition) is 5. The highest BCUT2D eigenvalue weighted by atomic mass is 19.1. The Kier molecular flexibility index (Phi) is 4.02. The Balaban J connectivity index is 1.46. The Morgan fingerprint density at radius 3 is 2.66 bits per heavy atom. The minimum atomic E-state index is -0.447. The van der Waals surface area contributed by atoms with E-state index in [4.69, 9.17) is 4.74 Å². The predicted octanol–water partition coefficient (Wildman–Crippen LogP) is 3.45. The van der Waals surface area contributed by atoms with Crippen LogP contribution in [-0.2, 0) is 6.42 Å². The zero-order valence-electron chi connectivity index (χ0n) is 16.2. The highest BCUT2D eigenvalue weighted by molar-refractivity contribution is 5.82. The summed E-state index contributed by atoms with van der Waals surface area (Å²) in [5.41, 5.74) is 4.12. The quantitative estimate of drug-likeness (QED) is 0.320. The number of rotatable bonds is 5. The average Bonchev–Trinajstić information content (AvgIpc) is 3.45. The smallest absolute Gasteiger partial charge is 0.235 e. The van der Waals surface area contributed by atoms with E-state index < -0.39 is 5.95 Å². The van der Waals surface area contributed by atoms with Crippen molar-refractivity contribution < 1.29 is 9.13 Å². The summed E-state index contributed by atoms with van der Waals surface area (Å²) in [6.07, 6.45) is 5.59. The molecule has 29 heavy (non-hydrogen) atoms. The van der Waals surface area contributed by atoms with Gasteiger partial charge < -0.3 is 9.72 Å². The Bertz CT molecular complexity index is 1200. The number of ether oxygens (including phenoxy) is 1. The molecule has 0 atom stereocenters. The van der Waals surface area contributed by atoms with Gasteiger partial charge in [0.2, 0.25) is 17.6 Å². The van der Waals surface area contributed by atoms with Gasteiger partial charge in [0.15, 0.2) is 5.69 Å². The van der Waals surface area contributed by atoms with Crippen molar-refractivity contribution >= 4 is 22.5 Å². The fourth-order valence-corrected chi connectivity index (χ4v) is 3.83.